The summed E-state index contributed by atoms with van der Waals surface area (Å²) in [6.07, 6.45) is 5.67. The van der Waals surface area contributed by atoms with E-state index in [2.05, 4.69) is 90.1 Å². The zero-order valence-electron chi connectivity index (χ0n) is 27.6. The van der Waals surface area contributed by atoms with Crippen molar-refractivity contribution in [2.75, 3.05) is 5.75 Å². The van der Waals surface area contributed by atoms with Crippen LogP contribution in [0.4, 0.5) is 0 Å². The molecule has 4 aromatic carbocycles. The molecule has 0 saturated carbocycles. The molecule has 0 bridgehead atoms. The average molecular weight is 623 g/mol. The summed E-state index contributed by atoms with van der Waals surface area (Å²) in [7, 11) is -3.36. The summed E-state index contributed by atoms with van der Waals surface area (Å²) in [5, 5.41) is 0. The van der Waals surface area contributed by atoms with Gasteiger partial charge >= 0.3 is 0 Å². The number of hydrogen-bond acceptors (Lipinski definition) is 4. The summed E-state index contributed by atoms with van der Waals surface area (Å²) >= 11 is 0. The van der Waals surface area contributed by atoms with Gasteiger partial charge in [0.05, 0.1) is 10.6 Å². The zero-order valence-corrected chi connectivity index (χ0v) is 28.4. The number of sulfone groups is 1. The highest BCUT2D eigenvalue weighted by molar-refractivity contribution is 7.91. The maximum absolute atomic E-state index is 13.0. The van der Waals surface area contributed by atoms with Gasteiger partial charge in [0, 0.05) is 10.8 Å². The first kappa shape index (κ1) is 31.4. The van der Waals surface area contributed by atoms with Crippen molar-refractivity contribution >= 4 is 9.84 Å². The quantitative estimate of drug-likeness (QED) is 0.149. The summed E-state index contributed by atoms with van der Waals surface area (Å²) < 4.78 is 38.4. The Labute approximate surface area is 269 Å². The van der Waals surface area contributed by atoms with Gasteiger partial charge in [0.1, 0.15) is 22.8 Å². The molecule has 6 rings (SSSR count). The monoisotopic (exact) mass is 622 g/mol. The highest BCUT2D eigenvalue weighted by atomic mass is 32.2. The normalized spacial score (nSPS) is 15.1. The first-order valence-electron chi connectivity index (χ1n) is 16.4. The second-order valence-electron chi connectivity index (χ2n) is 14.1. The largest absolute Gasteiger partial charge is 0.488 e. The van der Waals surface area contributed by atoms with Crippen molar-refractivity contribution in [3.8, 4) is 17.2 Å². The van der Waals surface area contributed by atoms with Gasteiger partial charge < -0.3 is 9.47 Å². The van der Waals surface area contributed by atoms with E-state index in [0.717, 1.165) is 25.0 Å². The first-order valence-corrected chi connectivity index (χ1v) is 18.1. The van der Waals surface area contributed by atoms with Gasteiger partial charge in [0.2, 0.25) is 0 Å². The number of benzene rings is 4. The summed E-state index contributed by atoms with van der Waals surface area (Å²) in [6.45, 7) is 13.3. The second-order valence-corrected chi connectivity index (χ2v) is 16.2. The van der Waals surface area contributed by atoms with E-state index < -0.39 is 9.84 Å². The van der Waals surface area contributed by atoms with Gasteiger partial charge in [-0.2, -0.15) is 0 Å². The third kappa shape index (κ3) is 6.16. The van der Waals surface area contributed by atoms with Crippen molar-refractivity contribution in [3.05, 3.63) is 118 Å². The molecule has 0 spiro atoms. The highest BCUT2D eigenvalue weighted by Gasteiger charge is 2.48. The second kappa shape index (κ2) is 11.7. The molecule has 0 N–H and O–H groups in total. The molecule has 236 valence electrons. The first-order chi connectivity index (χ1) is 21.3. The fraction of sp³-hybridized carbons (Fsp3) is 0.400. The van der Waals surface area contributed by atoms with Gasteiger partial charge in [-0.1, -0.05) is 71.0 Å². The minimum atomic E-state index is -3.36. The molecule has 0 aliphatic heterocycles. The lowest BCUT2D eigenvalue weighted by Gasteiger charge is -2.52. The molecule has 2 aliphatic rings. The number of hydrogen-bond donors (Lipinski definition) is 0. The Bertz CT molecular complexity index is 1750. The summed E-state index contributed by atoms with van der Waals surface area (Å²) in [5.74, 6) is 2.35. The van der Waals surface area contributed by atoms with Crippen LogP contribution < -0.4 is 9.47 Å². The molecule has 5 heteroatoms. The molecule has 0 atom stereocenters. The van der Waals surface area contributed by atoms with Crippen molar-refractivity contribution in [1.82, 2.24) is 0 Å². The van der Waals surface area contributed by atoms with E-state index in [9.17, 15) is 8.42 Å². The third-order valence-corrected chi connectivity index (χ3v) is 12.3. The van der Waals surface area contributed by atoms with Crippen LogP contribution in [-0.2, 0) is 39.9 Å². The Balaban J connectivity index is 1.04. The maximum atomic E-state index is 13.0. The summed E-state index contributed by atoms with van der Waals surface area (Å²) in [6, 6.07) is 27.9. The van der Waals surface area contributed by atoms with Crippen LogP contribution in [-0.4, -0.2) is 19.8 Å². The summed E-state index contributed by atoms with van der Waals surface area (Å²) in [4.78, 5) is 0.340. The van der Waals surface area contributed by atoms with Crippen LogP contribution in [0, 0.1) is 0 Å². The predicted octanol–water partition coefficient (Wildman–Crippen LogP) is 9.54. The predicted molar refractivity (Wildman–Crippen MR) is 183 cm³/mol. The summed E-state index contributed by atoms with van der Waals surface area (Å²) in [5.41, 5.74) is 8.22. The maximum Gasteiger partial charge on any atom is 0.178 e. The molecule has 2 aliphatic carbocycles. The van der Waals surface area contributed by atoms with Crippen molar-refractivity contribution in [2.45, 2.75) is 101 Å². The van der Waals surface area contributed by atoms with E-state index in [1.54, 1.807) is 29.8 Å². The van der Waals surface area contributed by atoms with Crippen LogP contribution >= 0.6 is 0 Å². The number of aryl methyl sites for hydroxylation is 1. The Morgan fingerprint density at radius 1 is 0.733 bits per heavy atom. The molecule has 0 unspecified atom stereocenters. The van der Waals surface area contributed by atoms with Gasteiger partial charge in [-0.15, -0.1) is 0 Å². The van der Waals surface area contributed by atoms with Crippen LogP contribution in [0.25, 0.3) is 0 Å². The Morgan fingerprint density at radius 2 is 1.22 bits per heavy atom. The molecule has 0 aromatic heterocycles. The van der Waals surface area contributed by atoms with E-state index in [1.807, 2.05) is 12.1 Å². The van der Waals surface area contributed by atoms with Gasteiger partial charge in [0.25, 0.3) is 0 Å². The van der Waals surface area contributed by atoms with Crippen LogP contribution in [0.2, 0.25) is 0 Å². The Hall–Kier alpha value is -3.57. The van der Waals surface area contributed by atoms with E-state index in [4.69, 9.17) is 9.47 Å². The zero-order chi connectivity index (χ0) is 32.0. The van der Waals surface area contributed by atoms with Crippen molar-refractivity contribution in [1.29, 1.82) is 0 Å². The SMILES string of the molecule is CCC(C)(CC)Oc1ccc(C(C)(C)c2ccc(Oc3ccc(S(=O)(=O)CCCc4cc5c6c(c4)CC6(C)C5)cc3)cc2)cc1. The Morgan fingerprint density at radius 3 is 1.71 bits per heavy atom. The lowest BCUT2D eigenvalue weighted by atomic mass is 9.52. The van der Waals surface area contributed by atoms with Crippen molar-refractivity contribution in [2.24, 2.45) is 0 Å². The minimum absolute atomic E-state index is 0.140. The van der Waals surface area contributed by atoms with Crippen molar-refractivity contribution in [3.63, 3.8) is 0 Å². The van der Waals surface area contributed by atoms with Crippen LogP contribution in [0.1, 0.15) is 94.2 Å². The molecule has 0 amide bonds. The molecule has 45 heavy (non-hydrogen) atoms. The van der Waals surface area contributed by atoms with Gasteiger partial charge in [0.15, 0.2) is 9.84 Å². The van der Waals surface area contributed by atoms with Gasteiger partial charge in [-0.25, -0.2) is 8.42 Å². The van der Waals surface area contributed by atoms with Crippen molar-refractivity contribution < 1.29 is 17.9 Å². The topological polar surface area (TPSA) is 52.6 Å². The van der Waals surface area contributed by atoms with Crippen LogP contribution in [0.15, 0.2) is 89.8 Å². The van der Waals surface area contributed by atoms with E-state index in [-0.39, 0.29) is 16.8 Å². The fourth-order valence-corrected chi connectivity index (χ4v) is 8.38. The lowest BCUT2D eigenvalue weighted by molar-refractivity contribution is 0.0802. The fourth-order valence-electron chi connectivity index (χ4n) is 7.06. The third-order valence-electron chi connectivity index (χ3n) is 10.4. The smallest absolute Gasteiger partial charge is 0.178 e. The Kier molecular flexibility index (Phi) is 8.14. The minimum Gasteiger partial charge on any atom is -0.488 e. The molecular weight excluding hydrogens is 577 g/mol. The standard InChI is InChI=1S/C40H46O4S/c1-7-40(6,8-2)44-35-17-13-32(14-18-35)38(3,4)31-11-15-33(16-12-31)43-34-19-21-36(22-20-34)45(41,42)23-9-10-28-24-29-26-39(5)27-30(25-28)37(29)39/h11-22,24-25H,7-10,23,26-27H2,1-6H3. The molecule has 4 nitrogen and oxygen atoms in total. The van der Waals surface area contributed by atoms with Gasteiger partial charge in [-0.3, -0.25) is 0 Å². The molecule has 0 saturated heterocycles. The van der Waals surface area contributed by atoms with Gasteiger partial charge in [-0.05, 0) is 127 Å². The molecular formula is C40H46O4S. The highest BCUT2D eigenvalue weighted by Crippen LogP contribution is 2.54. The number of ether oxygens (including phenoxy) is 2. The lowest BCUT2D eigenvalue weighted by Crippen LogP contribution is -2.47. The van der Waals surface area contributed by atoms with E-state index in [0.29, 0.717) is 28.2 Å². The van der Waals surface area contributed by atoms with Crippen LogP contribution in [0.3, 0.4) is 0 Å². The molecule has 0 heterocycles. The molecule has 0 fully saturated rings. The van der Waals surface area contributed by atoms with E-state index >= 15 is 0 Å². The molecule has 0 radical (unpaired) electrons. The molecule has 4 aromatic rings. The van der Waals surface area contributed by atoms with Crippen LogP contribution in [0.5, 0.6) is 17.2 Å². The van der Waals surface area contributed by atoms with E-state index in [1.165, 1.54) is 40.7 Å². The number of rotatable bonds is 13. The average Bonchev–Trinajstić information content (AvgIpc) is 3.00.